The quantitative estimate of drug-likeness (QED) is 0.857. The van der Waals surface area contributed by atoms with Crippen LogP contribution in [0, 0.1) is 5.82 Å². The van der Waals surface area contributed by atoms with Crippen LogP contribution in [0.5, 0.6) is 0 Å². The van der Waals surface area contributed by atoms with Gasteiger partial charge in [0.15, 0.2) is 0 Å². The Balaban J connectivity index is 2.05. The van der Waals surface area contributed by atoms with Gasteiger partial charge in [0.1, 0.15) is 5.82 Å². The molecule has 0 bridgehead atoms. The van der Waals surface area contributed by atoms with Crippen molar-refractivity contribution in [1.82, 2.24) is 4.31 Å². The number of nitrogens with one attached hydrogen (secondary N) is 1. The third-order valence-electron chi connectivity index (χ3n) is 3.82. The van der Waals surface area contributed by atoms with Gasteiger partial charge in [-0.1, -0.05) is 12.1 Å². The number of halogens is 1. The zero-order valence-corrected chi connectivity index (χ0v) is 15.2. The van der Waals surface area contributed by atoms with Crippen LogP contribution in [0.2, 0.25) is 0 Å². The zero-order chi connectivity index (χ0) is 18.6. The molecule has 2 rings (SSSR count). The van der Waals surface area contributed by atoms with E-state index in [9.17, 15) is 17.6 Å². The molecule has 0 aliphatic carbocycles. The molecule has 0 atom stereocenters. The lowest BCUT2D eigenvalue weighted by Gasteiger charge is -2.21. The molecule has 1 amide bonds. The van der Waals surface area contributed by atoms with Crippen LogP contribution in [-0.2, 0) is 21.2 Å². The second kappa shape index (κ2) is 7.76. The van der Waals surface area contributed by atoms with Crippen molar-refractivity contribution in [3.8, 4) is 0 Å². The van der Waals surface area contributed by atoms with Gasteiger partial charge in [-0.05, 0) is 55.8 Å². The number of rotatable bonds is 6. The maximum atomic E-state index is 12.9. The number of hydrogen-bond donors (Lipinski definition) is 1. The van der Waals surface area contributed by atoms with Gasteiger partial charge in [-0.2, -0.15) is 4.31 Å². The molecule has 0 fully saturated rings. The Kier molecular flexibility index (Phi) is 5.92. The first-order valence-electron chi connectivity index (χ1n) is 7.82. The molecule has 0 heterocycles. The van der Waals surface area contributed by atoms with E-state index in [1.807, 2.05) is 0 Å². The van der Waals surface area contributed by atoms with E-state index in [2.05, 4.69) is 5.32 Å². The van der Waals surface area contributed by atoms with Crippen molar-refractivity contribution in [2.45, 2.75) is 31.2 Å². The molecule has 0 radical (unpaired) electrons. The molecule has 0 aliphatic rings. The molecule has 0 saturated heterocycles. The highest BCUT2D eigenvalue weighted by atomic mass is 32.2. The largest absolute Gasteiger partial charge is 0.326 e. The van der Waals surface area contributed by atoms with E-state index in [0.29, 0.717) is 11.3 Å². The van der Waals surface area contributed by atoms with Gasteiger partial charge in [0.05, 0.1) is 11.3 Å². The topological polar surface area (TPSA) is 66.5 Å². The van der Waals surface area contributed by atoms with Gasteiger partial charge in [-0.25, -0.2) is 12.8 Å². The lowest BCUT2D eigenvalue weighted by molar-refractivity contribution is -0.115. The van der Waals surface area contributed by atoms with E-state index in [1.165, 1.54) is 35.6 Å². The number of hydrogen-bond acceptors (Lipinski definition) is 3. The summed E-state index contributed by atoms with van der Waals surface area (Å²) in [6.45, 7) is 3.59. The molecule has 2 aromatic rings. The number of anilines is 1. The maximum absolute atomic E-state index is 12.9. The summed E-state index contributed by atoms with van der Waals surface area (Å²) in [4.78, 5) is 12.2. The van der Waals surface area contributed by atoms with Gasteiger partial charge in [0, 0.05) is 18.8 Å². The highest BCUT2D eigenvalue weighted by Gasteiger charge is 2.22. The van der Waals surface area contributed by atoms with Crippen molar-refractivity contribution >= 4 is 21.6 Å². The summed E-state index contributed by atoms with van der Waals surface area (Å²) in [6.07, 6.45) is 0.108. The number of benzene rings is 2. The van der Waals surface area contributed by atoms with Crippen LogP contribution in [0.15, 0.2) is 53.4 Å². The first-order valence-corrected chi connectivity index (χ1v) is 9.26. The Morgan fingerprint density at radius 2 is 1.64 bits per heavy atom. The van der Waals surface area contributed by atoms with Crippen LogP contribution >= 0.6 is 0 Å². The average molecular weight is 364 g/mol. The van der Waals surface area contributed by atoms with Crippen molar-refractivity contribution in [3.05, 3.63) is 59.9 Å². The Hall–Kier alpha value is -2.25. The van der Waals surface area contributed by atoms with Gasteiger partial charge in [-0.3, -0.25) is 4.79 Å². The van der Waals surface area contributed by atoms with E-state index in [0.717, 1.165) is 0 Å². The van der Waals surface area contributed by atoms with Crippen molar-refractivity contribution in [3.63, 3.8) is 0 Å². The van der Waals surface area contributed by atoms with Gasteiger partial charge in [0.2, 0.25) is 15.9 Å². The Labute approximate surface area is 147 Å². The van der Waals surface area contributed by atoms with Crippen LogP contribution in [0.3, 0.4) is 0 Å². The SMILES string of the molecule is CC(C)N(C)S(=O)(=O)c1ccc(NC(=O)Cc2ccc(F)cc2)cc1. The van der Waals surface area contributed by atoms with Gasteiger partial charge in [0.25, 0.3) is 0 Å². The highest BCUT2D eigenvalue weighted by molar-refractivity contribution is 7.89. The molecule has 2 aromatic carbocycles. The molecule has 5 nitrogen and oxygen atoms in total. The van der Waals surface area contributed by atoms with Crippen molar-refractivity contribution in [2.24, 2.45) is 0 Å². The molecular weight excluding hydrogens is 343 g/mol. The van der Waals surface area contributed by atoms with E-state index >= 15 is 0 Å². The number of sulfonamides is 1. The fraction of sp³-hybridized carbons (Fsp3) is 0.278. The number of carbonyl (C=O) groups is 1. The van der Waals surface area contributed by atoms with Crippen molar-refractivity contribution in [2.75, 3.05) is 12.4 Å². The minimum Gasteiger partial charge on any atom is -0.326 e. The second-order valence-electron chi connectivity index (χ2n) is 5.99. The summed E-state index contributed by atoms with van der Waals surface area (Å²) in [6, 6.07) is 11.6. The average Bonchev–Trinajstić information content (AvgIpc) is 2.56. The normalized spacial score (nSPS) is 11.8. The Morgan fingerprint density at radius 1 is 1.08 bits per heavy atom. The summed E-state index contributed by atoms with van der Waals surface area (Å²) in [5.74, 6) is -0.617. The van der Waals surface area contributed by atoms with Gasteiger partial charge >= 0.3 is 0 Å². The number of carbonyl (C=O) groups excluding carboxylic acids is 1. The van der Waals surface area contributed by atoms with Gasteiger partial charge < -0.3 is 5.32 Å². The van der Waals surface area contributed by atoms with E-state index in [-0.39, 0.29) is 29.1 Å². The molecule has 0 unspecified atom stereocenters. The molecule has 0 saturated carbocycles. The molecule has 0 spiro atoms. The third-order valence-corrected chi connectivity index (χ3v) is 5.87. The second-order valence-corrected chi connectivity index (χ2v) is 7.99. The predicted octanol–water partition coefficient (Wildman–Crippen LogP) is 3.04. The molecule has 7 heteroatoms. The monoisotopic (exact) mass is 364 g/mol. The Bertz CT molecular complexity index is 832. The first-order chi connectivity index (χ1) is 11.7. The van der Waals surface area contributed by atoms with E-state index in [1.54, 1.807) is 38.1 Å². The summed E-state index contributed by atoms with van der Waals surface area (Å²) < 4.78 is 38.9. The lowest BCUT2D eigenvalue weighted by atomic mass is 10.1. The third kappa shape index (κ3) is 4.87. The van der Waals surface area contributed by atoms with Gasteiger partial charge in [-0.15, -0.1) is 0 Å². The molecule has 25 heavy (non-hydrogen) atoms. The minimum atomic E-state index is -3.55. The van der Waals surface area contributed by atoms with Crippen LogP contribution in [-0.4, -0.2) is 31.7 Å². The number of amides is 1. The fourth-order valence-corrected chi connectivity index (χ4v) is 3.51. The number of nitrogens with zero attached hydrogens (tertiary/aromatic N) is 1. The minimum absolute atomic E-state index is 0.108. The van der Waals surface area contributed by atoms with Crippen LogP contribution < -0.4 is 5.32 Å². The standard InChI is InChI=1S/C18H21FN2O3S/c1-13(2)21(3)25(23,24)17-10-8-16(9-11-17)20-18(22)12-14-4-6-15(19)7-5-14/h4-11,13H,12H2,1-3H3,(H,20,22). The Morgan fingerprint density at radius 3 is 2.16 bits per heavy atom. The molecule has 0 aromatic heterocycles. The summed E-state index contributed by atoms with van der Waals surface area (Å²) in [5, 5.41) is 2.69. The van der Waals surface area contributed by atoms with Crippen LogP contribution in [0.1, 0.15) is 19.4 Å². The zero-order valence-electron chi connectivity index (χ0n) is 14.4. The van der Waals surface area contributed by atoms with Crippen LogP contribution in [0.4, 0.5) is 10.1 Å². The summed E-state index contributed by atoms with van der Waals surface area (Å²) in [5.41, 5.74) is 1.19. The van der Waals surface area contributed by atoms with E-state index in [4.69, 9.17) is 0 Å². The fourth-order valence-electron chi connectivity index (χ4n) is 2.15. The summed E-state index contributed by atoms with van der Waals surface area (Å²) >= 11 is 0. The summed E-state index contributed by atoms with van der Waals surface area (Å²) in [7, 11) is -2.02. The lowest BCUT2D eigenvalue weighted by Crippen LogP contribution is -2.33. The highest BCUT2D eigenvalue weighted by Crippen LogP contribution is 2.19. The molecule has 1 N–H and O–H groups in total. The molecule has 134 valence electrons. The van der Waals surface area contributed by atoms with Crippen LogP contribution in [0.25, 0.3) is 0 Å². The maximum Gasteiger partial charge on any atom is 0.243 e. The molecule has 0 aliphatic heterocycles. The molecular formula is C18H21FN2O3S. The predicted molar refractivity (Wildman–Crippen MR) is 95.3 cm³/mol. The van der Waals surface area contributed by atoms with Crippen molar-refractivity contribution < 1.29 is 17.6 Å². The smallest absolute Gasteiger partial charge is 0.243 e. The van der Waals surface area contributed by atoms with Crippen molar-refractivity contribution in [1.29, 1.82) is 0 Å². The van der Waals surface area contributed by atoms with E-state index < -0.39 is 10.0 Å². The first kappa shape index (κ1) is 19.1.